The summed E-state index contributed by atoms with van der Waals surface area (Å²) in [5.74, 6) is 1.36. The Morgan fingerprint density at radius 2 is 1.59 bits per heavy atom. The third-order valence-electron chi connectivity index (χ3n) is 5.17. The first-order valence-corrected chi connectivity index (χ1v) is 11.1. The summed E-state index contributed by atoms with van der Waals surface area (Å²) in [6.07, 6.45) is 0. The topological polar surface area (TPSA) is 64.6 Å². The van der Waals surface area contributed by atoms with Crippen LogP contribution >= 0.6 is 11.8 Å². The Hall–Kier alpha value is -3.77. The van der Waals surface area contributed by atoms with Crippen LogP contribution in [-0.2, 0) is 0 Å². The molecule has 32 heavy (non-hydrogen) atoms. The zero-order chi connectivity index (χ0) is 21.9. The van der Waals surface area contributed by atoms with Crippen molar-refractivity contribution in [3.8, 4) is 11.5 Å². The molecule has 4 aromatic rings. The lowest BCUT2D eigenvalue weighted by atomic mass is 10.1. The van der Waals surface area contributed by atoms with E-state index in [9.17, 15) is 9.59 Å². The number of ketones is 1. The molecule has 0 bridgehead atoms. The Balaban J connectivity index is 1.24. The molecule has 0 atom stereocenters. The van der Waals surface area contributed by atoms with Crippen LogP contribution in [0.5, 0.6) is 11.5 Å². The van der Waals surface area contributed by atoms with Gasteiger partial charge in [-0.15, -0.1) is 11.8 Å². The number of nitrogens with one attached hydrogen (secondary N) is 1. The highest BCUT2D eigenvalue weighted by atomic mass is 32.2. The number of ether oxygens (including phenoxy) is 2. The van der Waals surface area contributed by atoms with E-state index in [1.807, 2.05) is 66.7 Å². The number of amides is 1. The van der Waals surface area contributed by atoms with Crippen molar-refractivity contribution in [2.75, 3.05) is 17.9 Å². The van der Waals surface area contributed by atoms with E-state index in [-0.39, 0.29) is 24.2 Å². The number of hydrogen-bond donors (Lipinski definition) is 1. The molecule has 1 amide bonds. The molecule has 158 valence electrons. The SMILES string of the molecule is O=C(CSc1cccc(NC(=O)c2ccc3ccccc3c2)c1)c1ccc2c(c1)OCO2. The van der Waals surface area contributed by atoms with Gasteiger partial charge in [0.25, 0.3) is 5.91 Å². The van der Waals surface area contributed by atoms with E-state index in [0.29, 0.717) is 28.3 Å². The number of fused-ring (bicyclic) bond motifs is 2. The van der Waals surface area contributed by atoms with Gasteiger partial charge < -0.3 is 14.8 Å². The number of thioether (sulfide) groups is 1. The van der Waals surface area contributed by atoms with Crippen LogP contribution < -0.4 is 14.8 Å². The summed E-state index contributed by atoms with van der Waals surface area (Å²) in [6, 6.07) is 26.3. The first-order chi connectivity index (χ1) is 15.7. The maximum absolute atomic E-state index is 12.7. The second-order valence-electron chi connectivity index (χ2n) is 7.32. The van der Waals surface area contributed by atoms with Crippen LogP contribution in [0.25, 0.3) is 10.8 Å². The van der Waals surface area contributed by atoms with E-state index in [2.05, 4.69) is 5.32 Å². The number of carbonyl (C=O) groups is 2. The van der Waals surface area contributed by atoms with E-state index in [1.54, 1.807) is 18.2 Å². The predicted molar refractivity (Wildman–Crippen MR) is 126 cm³/mol. The average molecular weight is 442 g/mol. The first-order valence-electron chi connectivity index (χ1n) is 10.1. The summed E-state index contributed by atoms with van der Waals surface area (Å²) < 4.78 is 10.6. The molecular formula is C26H19NO4S. The monoisotopic (exact) mass is 441 g/mol. The number of rotatable bonds is 6. The van der Waals surface area contributed by atoms with Crippen LogP contribution in [0.4, 0.5) is 5.69 Å². The van der Waals surface area contributed by atoms with Crippen molar-refractivity contribution in [1.29, 1.82) is 0 Å². The van der Waals surface area contributed by atoms with Gasteiger partial charge in [-0.2, -0.15) is 0 Å². The predicted octanol–water partition coefficient (Wildman–Crippen LogP) is 5.80. The molecule has 0 aromatic heterocycles. The van der Waals surface area contributed by atoms with Gasteiger partial charge in [0.1, 0.15) is 0 Å². The molecular weight excluding hydrogens is 422 g/mol. The van der Waals surface area contributed by atoms with Crippen LogP contribution in [0.3, 0.4) is 0 Å². The molecule has 0 radical (unpaired) electrons. The maximum Gasteiger partial charge on any atom is 0.255 e. The highest BCUT2D eigenvalue weighted by molar-refractivity contribution is 8.00. The molecule has 5 nitrogen and oxygen atoms in total. The highest BCUT2D eigenvalue weighted by Gasteiger charge is 2.16. The Morgan fingerprint density at radius 3 is 2.50 bits per heavy atom. The molecule has 0 unspecified atom stereocenters. The van der Waals surface area contributed by atoms with Crippen LogP contribution in [0.2, 0.25) is 0 Å². The van der Waals surface area contributed by atoms with E-state index in [1.165, 1.54) is 11.8 Å². The highest BCUT2D eigenvalue weighted by Crippen LogP contribution is 2.33. The Morgan fingerprint density at radius 1 is 0.781 bits per heavy atom. The fraction of sp³-hybridized carbons (Fsp3) is 0.0769. The van der Waals surface area contributed by atoms with Gasteiger partial charge in [-0.1, -0.05) is 36.4 Å². The normalized spacial score (nSPS) is 12.0. The molecule has 0 spiro atoms. The van der Waals surface area contributed by atoms with Crippen molar-refractivity contribution >= 4 is 39.9 Å². The summed E-state index contributed by atoms with van der Waals surface area (Å²) in [7, 11) is 0. The van der Waals surface area contributed by atoms with Crippen LogP contribution in [-0.4, -0.2) is 24.2 Å². The lowest BCUT2D eigenvalue weighted by Crippen LogP contribution is -2.11. The van der Waals surface area contributed by atoms with Gasteiger partial charge in [0.15, 0.2) is 17.3 Å². The Labute approximate surface area is 189 Å². The number of carbonyl (C=O) groups excluding carboxylic acids is 2. The Kier molecular flexibility index (Phi) is 5.52. The van der Waals surface area contributed by atoms with E-state index >= 15 is 0 Å². The lowest BCUT2D eigenvalue weighted by Gasteiger charge is -2.08. The fourth-order valence-corrected chi connectivity index (χ4v) is 4.35. The Bertz CT molecular complexity index is 1330. The van der Waals surface area contributed by atoms with E-state index < -0.39 is 0 Å². The van der Waals surface area contributed by atoms with Crippen molar-refractivity contribution < 1.29 is 19.1 Å². The van der Waals surface area contributed by atoms with Crippen molar-refractivity contribution in [2.45, 2.75) is 4.90 Å². The second-order valence-corrected chi connectivity index (χ2v) is 8.37. The van der Waals surface area contributed by atoms with Crippen molar-refractivity contribution in [3.63, 3.8) is 0 Å². The largest absolute Gasteiger partial charge is 0.454 e. The molecule has 1 heterocycles. The van der Waals surface area contributed by atoms with E-state index in [4.69, 9.17) is 9.47 Å². The standard InChI is InChI=1S/C26H19NO4S/c28-23(19-10-11-24-25(13-19)31-16-30-24)15-32-22-7-3-6-21(14-22)27-26(29)20-9-8-17-4-1-2-5-18(17)12-20/h1-14H,15-16H2,(H,27,29). The average Bonchev–Trinajstić information content (AvgIpc) is 3.30. The van der Waals surface area contributed by atoms with Gasteiger partial charge in [-0.05, 0) is 59.3 Å². The van der Waals surface area contributed by atoms with Gasteiger partial charge in [0, 0.05) is 21.7 Å². The molecule has 1 N–H and O–H groups in total. The lowest BCUT2D eigenvalue weighted by molar-refractivity contribution is 0.101. The smallest absolute Gasteiger partial charge is 0.255 e. The van der Waals surface area contributed by atoms with Crippen molar-refractivity contribution in [1.82, 2.24) is 0 Å². The molecule has 0 saturated heterocycles. The minimum atomic E-state index is -0.172. The van der Waals surface area contributed by atoms with Gasteiger partial charge in [-0.25, -0.2) is 0 Å². The van der Waals surface area contributed by atoms with Crippen LogP contribution in [0, 0.1) is 0 Å². The number of Topliss-reactive ketones (excluding diaryl/α,β-unsaturated/α-hetero) is 1. The molecule has 4 aromatic carbocycles. The summed E-state index contributed by atoms with van der Waals surface area (Å²) in [4.78, 5) is 26.2. The van der Waals surface area contributed by atoms with E-state index in [0.717, 1.165) is 15.7 Å². The summed E-state index contributed by atoms with van der Waals surface area (Å²) >= 11 is 1.42. The first kappa shape index (κ1) is 20.2. The van der Waals surface area contributed by atoms with Gasteiger partial charge in [0.05, 0.1) is 5.75 Å². The van der Waals surface area contributed by atoms with Gasteiger partial charge >= 0.3 is 0 Å². The maximum atomic E-state index is 12.7. The molecule has 1 aliphatic heterocycles. The van der Waals surface area contributed by atoms with Gasteiger partial charge in [-0.3, -0.25) is 9.59 Å². The van der Waals surface area contributed by atoms with Crippen molar-refractivity contribution in [3.05, 3.63) is 96.1 Å². The van der Waals surface area contributed by atoms with Crippen LogP contribution in [0.15, 0.2) is 89.8 Å². The second kappa shape index (κ2) is 8.77. The summed E-state index contributed by atoms with van der Waals surface area (Å²) in [5, 5.41) is 5.06. The fourth-order valence-electron chi connectivity index (χ4n) is 3.50. The van der Waals surface area contributed by atoms with Gasteiger partial charge in [0.2, 0.25) is 6.79 Å². The summed E-state index contributed by atoms with van der Waals surface area (Å²) in [6.45, 7) is 0.180. The summed E-state index contributed by atoms with van der Waals surface area (Å²) in [5.41, 5.74) is 1.87. The molecule has 0 aliphatic carbocycles. The third-order valence-corrected chi connectivity index (χ3v) is 6.16. The molecule has 6 heteroatoms. The number of hydrogen-bond acceptors (Lipinski definition) is 5. The number of anilines is 1. The zero-order valence-corrected chi connectivity index (χ0v) is 17.9. The minimum Gasteiger partial charge on any atom is -0.454 e. The zero-order valence-electron chi connectivity index (χ0n) is 17.0. The quantitative estimate of drug-likeness (QED) is 0.303. The minimum absolute atomic E-state index is 0.00102. The van der Waals surface area contributed by atoms with Crippen molar-refractivity contribution in [2.24, 2.45) is 0 Å². The third kappa shape index (κ3) is 4.31. The molecule has 1 aliphatic rings. The van der Waals surface area contributed by atoms with Crippen LogP contribution in [0.1, 0.15) is 20.7 Å². The number of benzene rings is 4. The molecule has 5 rings (SSSR count). The molecule has 0 fully saturated rings. The molecule has 0 saturated carbocycles.